The molecule has 0 spiro atoms. The standard InChI is InChI=1S/C13H13F2NO4S/c14-9-1-2-11(15)12(7-9)21(19,20)8-13(18)16-5-3-10(17)4-6-16/h1-2,7H,3-6,8H2. The number of sulfone groups is 1. The highest BCUT2D eigenvalue weighted by Crippen LogP contribution is 2.18. The molecule has 0 bridgehead atoms. The maximum Gasteiger partial charge on any atom is 0.238 e. The van der Waals surface area contributed by atoms with Crippen molar-refractivity contribution in [3.05, 3.63) is 29.8 Å². The molecule has 1 aromatic carbocycles. The highest BCUT2D eigenvalue weighted by atomic mass is 32.2. The summed E-state index contributed by atoms with van der Waals surface area (Å²) < 4.78 is 50.5. The number of carbonyl (C=O) groups is 2. The van der Waals surface area contributed by atoms with Crippen LogP contribution in [0.4, 0.5) is 8.78 Å². The summed E-state index contributed by atoms with van der Waals surface area (Å²) in [5, 5.41) is 0. The molecule has 1 saturated heterocycles. The fourth-order valence-corrected chi connectivity index (χ4v) is 3.37. The molecule has 1 amide bonds. The van der Waals surface area contributed by atoms with Gasteiger partial charge < -0.3 is 4.90 Å². The predicted molar refractivity (Wildman–Crippen MR) is 69.2 cm³/mol. The van der Waals surface area contributed by atoms with Crippen LogP contribution in [0.3, 0.4) is 0 Å². The zero-order chi connectivity index (χ0) is 15.6. The molecule has 21 heavy (non-hydrogen) atoms. The molecule has 0 aliphatic carbocycles. The highest BCUT2D eigenvalue weighted by molar-refractivity contribution is 7.92. The Morgan fingerprint density at radius 1 is 1.19 bits per heavy atom. The Hall–Kier alpha value is -1.83. The lowest BCUT2D eigenvalue weighted by Crippen LogP contribution is -2.41. The highest BCUT2D eigenvalue weighted by Gasteiger charge is 2.28. The van der Waals surface area contributed by atoms with Gasteiger partial charge in [-0.2, -0.15) is 0 Å². The molecule has 1 heterocycles. The molecular weight excluding hydrogens is 304 g/mol. The molecule has 0 atom stereocenters. The summed E-state index contributed by atoms with van der Waals surface area (Å²) in [5.41, 5.74) is 0. The molecular formula is C13H13F2NO4S. The Morgan fingerprint density at radius 3 is 2.43 bits per heavy atom. The third-order valence-electron chi connectivity index (χ3n) is 3.22. The first-order valence-corrected chi connectivity index (χ1v) is 7.92. The number of nitrogens with zero attached hydrogens (tertiary/aromatic N) is 1. The first-order chi connectivity index (χ1) is 9.79. The van der Waals surface area contributed by atoms with E-state index in [0.29, 0.717) is 12.1 Å². The number of rotatable bonds is 3. The quantitative estimate of drug-likeness (QED) is 0.831. The lowest BCUT2D eigenvalue weighted by atomic mass is 10.1. The van der Waals surface area contributed by atoms with E-state index in [4.69, 9.17) is 0 Å². The van der Waals surface area contributed by atoms with Crippen LogP contribution in [0.5, 0.6) is 0 Å². The van der Waals surface area contributed by atoms with Gasteiger partial charge in [0.2, 0.25) is 5.91 Å². The van der Waals surface area contributed by atoms with Crippen LogP contribution in [0.25, 0.3) is 0 Å². The van der Waals surface area contributed by atoms with E-state index in [1.165, 1.54) is 4.90 Å². The lowest BCUT2D eigenvalue weighted by Gasteiger charge is -2.25. The third kappa shape index (κ3) is 3.63. The molecule has 1 aliphatic rings. The van der Waals surface area contributed by atoms with Crippen molar-refractivity contribution in [3.63, 3.8) is 0 Å². The Kier molecular flexibility index (Phi) is 4.36. The topological polar surface area (TPSA) is 71.5 Å². The normalized spacial score (nSPS) is 16.1. The van der Waals surface area contributed by atoms with Gasteiger partial charge in [-0.25, -0.2) is 17.2 Å². The molecule has 0 saturated carbocycles. The minimum Gasteiger partial charge on any atom is -0.341 e. The van der Waals surface area contributed by atoms with E-state index in [2.05, 4.69) is 0 Å². The largest absolute Gasteiger partial charge is 0.341 e. The maximum absolute atomic E-state index is 13.5. The smallest absolute Gasteiger partial charge is 0.238 e. The van der Waals surface area contributed by atoms with Crippen LogP contribution >= 0.6 is 0 Å². The summed E-state index contributed by atoms with van der Waals surface area (Å²) in [4.78, 5) is 23.4. The third-order valence-corrected chi connectivity index (χ3v) is 4.83. The van der Waals surface area contributed by atoms with Gasteiger partial charge in [-0.3, -0.25) is 9.59 Å². The molecule has 1 aromatic rings. The molecule has 5 nitrogen and oxygen atoms in total. The summed E-state index contributed by atoms with van der Waals surface area (Å²) in [6, 6.07) is 2.05. The van der Waals surface area contributed by atoms with Gasteiger partial charge in [0.15, 0.2) is 9.84 Å². The van der Waals surface area contributed by atoms with Crippen molar-refractivity contribution in [2.45, 2.75) is 17.7 Å². The Bertz CT molecular complexity index is 677. The molecule has 1 fully saturated rings. The number of halogens is 2. The number of ketones is 1. The van der Waals surface area contributed by atoms with Gasteiger partial charge in [-0.15, -0.1) is 0 Å². The van der Waals surface area contributed by atoms with E-state index in [0.717, 1.165) is 6.07 Å². The maximum atomic E-state index is 13.5. The zero-order valence-electron chi connectivity index (χ0n) is 11.0. The number of hydrogen-bond donors (Lipinski definition) is 0. The average molecular weight is 317 g/mol. The van der Waals surface area contributed by atoms with Crippen molar-refractivity contribution in [2.24, 2.45) is 0 Å². The number of piperidine rings is 1. The minimum absolute atomic E-state index is 0.0121. The van der Waals surface area contributed by atoms with Gasteiger partial charge in [-0.1, -0.05) is 0 Å². The van der Waals surface area contributed by atoms with Crippen LogP contribution in [0.2, 0.25) is 0 Å². The summed E-state index contributed by atoms with van der Waals surface area (Å²) in [5.74, 6) is -3.64. The van der Waals surface area contributed by atoms with Crippen molar-refractivity contribution < 1.29 is 26.8 Å². The molecule has 0 N–H and O–H groups in total. The number of amides is 1. The summed E-state index contributed by atoms with van der Waals surface area (Å²) >= 11 is 0. The van der Waals surface area contributed by atoms with Crippen LogP contribution in [-0.2, 0) is 19.4 Å². The summed E-state index contributed by atoms with van der Waals surface area (Å²) in [6.07, 6.45) is 0.361. The van der Waals surface area contributed by atoms with Crippen molar-refractivity contribution in [2.75, 3.05) is 18.8 Å². The second kappa shape index (κ2) is 5.88. The second-order valence-corrected chi connectivity index (χ2v) is 6.71. The van der Waals surface area contributed by atoms with Gasteiger partial charge in [0.25, 0.3) is 0 Å². The monoisotopic (exact) mass is 317 g/mol. The zero-order valence-corrected chi connectivity index (χ0v) is 11.8. The van der Waals surface area contributed by atoms with Gasteiger partial charge >= 0.3 is 0 Å². The van der Waals surface area contributed by atoms with Crippen molar-refractivity contribution in [1.82, 2.24) is 4.90 Å². The van der Waals surface area contributed by atoms with Crippen molar-refractivity contribution in [3.8, 4) is 0 Å². The van der Waals surface area contributed by atoms with E-state index in [1.807, 2.05) is 0 Å². The summed E-state index contributed by atoms with van der Waals surface area (Å²) in [7, 11) is -4.27. The minimum atomic E-state index is -4.27. The SMILES string of the molecule is O=C1CCN(C(=O)CS(=O)(=O)c2cc(F)ccc2F)CC1. The fourth-order valence-electron chi connectivity index (χ4n) is 2.05. The first kappa shape index (κ1) is 15.6. The molecule has 1 aliphatic heterocycles. The number of likely N-dealkylation sites (tertiary alicyclic amines) is 1. The number of hydrogen-bond acceptors (Lipinski definition) is 4. The first-order valence-electron chi connectivity index (χ1n) is 6.27. The molecule has 8 heteroatoms. The van der Waals surface area contributed by atoms with Crippen molar-refractivity contribution in [1.29, 1.82) is 0 Å². The fraction of sp³-hybridized carbons (Fsp3) is 0.385. The van der Waals surface area contributed by atoms with Crippen LogP contribution < -0.4 is 0 Å². The molecule has 0 radical (unpaired) electrons. The van der Waals surface area contributed by atoms with E-state index < -0.39 is 38.0 Å². The van der Waals surface area contributed by atoms with E-state index in [1.54, 1.807) is 0 Å². The van der Waals surface area contributed by atoms with Crippen LogP contribution in [0.1, 0.15) is 12.8 Å². The van der Waals surface area contributed by atoms with Crippen molar-refractivity contribution >= 4 is 21.5 Å². The Balaban J connectivity index is 2.15. The van der Waals surface area contributed by atoms with Gasteiger partial charge in [-0.05, 0) is 18.2 Å². The van der Waals surface area contributed by atoms with Gasteiger partial charge in [0.05, 0.1) is 0 Å². The van der Waals surface area contributed by atoms with Gasteiger partial charge in [0, 0.05) is 25.9 Å². The number of Topliss-reactive ketones (excluding diaryl/α,β-unsaturated/α-hetero) is 1. The average Bonchev–Trinajstić information content (AvgIpc) is 2.41. The number of benzene rings is 1. The number of carbonyl (C=O) groups excluding carboxylic acids is 2. The van der Waals surface area contributed by atoms with E-state index in [9.17, 15) is 26.8 Å². The molecule has 0 unspecified atom stereocenters. The molecule has 2 rings (SSSR count). The molecule has 0 aromatic heterocycles. The molecule has 114 valence electrons. The lowest BCUT2D eigenvalue weighted by molar-refractivity contribution is -0.132. The van der Waals surface area contributed by atoms with Crippen LogP contribution in [0, 0.1) is 11.6 Å². The van der Waals surface area contributed by atoms with Gasteiger partial charge in [0.1, 0.15) is 28.1 Å². The van der Waals surface area contributed by atoms with Crippen LogP contribution in [-0.4, -0.2) is 43.9 Å². The summed E-state index contributed by atoms with van der Waals surface area (Å²) in [6.45, 7) is 0.303. The predicted octanol–water partition coefficient (Wildman–Crippen LogP) is 0.930. The van der Waals surface area contributed by atoms with E-state index in [-0.39, 0.29) is 31.7 Å². The van der Waals surface area contributed by atoms with E-state index >= 15 is 0 Å². The van der Waals surface area contributed by atoms with Crippen LogP contribution in [0.15, 0.2) is 23.1 Å². The Labute approximate surface area is 120 Å². The second-order valence-electron chi connectivity index (χ2n) is 4.75. The Morgan fingerprint density at radius 2 is 1.81 bits per heavy atom.